The van der Waals surface area contributed by atoms with Crippen molar-refractivity contribution in [2.24, 2.45) is 0 Å². The molecular formula is C8H9ClF3N. The predicted octanol–water partition coefficient (Wildman–Crippen LogP) is 2.89. The zero-order valence-electron chi connectivity index (χ0n) is 6.98. The minimum Gasteiger partial charge on any atom is -0.347 e. The summed E-state index contributed by atoms with van der Waals surface area (Å²) < 4.78 is 36.8. The van der Waals surface area contributed by atoms with E-state index in [0.717, 1.165) is 11.8 Å². The molecule has 1 nitrogen and oxygen atoms in total. The second kappa shape index (κ2) is 3.62. The van der Waals surface area contributed by atoms with Crippen LogP contribution in [0.5, 0.6) is 0 Å². The Hall–Kier alpha value is -0.640. The molecule has 0 unspecified atom stereocenters. The van der Waals surface area contributed by atoms with Crippen LogP contribution in [0.1, 0.15) is 6.92 Å². The van der Waals surface area contributed by atoms with E-state index in [1.807, 2.05) is 0 Å². The van der Waals surface area contributed by atoms with Gasteiger partial charge in [-0.15, -0.1) is 0 Å². The van der Waals surface area contributed by atoms with Crippen LogP contribution in [0.2, 0.25) is 0 Å². The van der Waals surface area contributed by atoms with Crippen molar-refractivity contribution in [2.45, 2.75) is 19.1 Å². The van der Waals surface area contributed by atoms with Crippen molar-refractivity contribution in [1.29, 1.82) is 0 Å². The van der Waals surface area contributed by atoms with Crippen molar-refractivity contribution in [3.05, 3.63) is 23.4 Å². The van der Waals surface area contributed by atoms with Crippen molar-refractivity contribution in [3.63, 3.8) is 0 Å². The molecular weight excluding hydrogens is 203 g/mol. The largest absolute Gasteiger partial charge is 0.408 e. The molecule has 74 valence electrons. The van der Waals surface area contributed by atoms with E-state index in [4.69, 9.17) is 11.6 Å². The number of hydrogen-bond acceptors (Lipinski definition) is 1. The normalized spacial score (nSPS) is 20.1. The maximum Gasteiger partial charge on any atom is 0.408 e. The van der Waals surface area contributed by atoms with Crippen LogP contribution in [0.3, 0.4) is 0 Å². The Kier molecular flexibility index (Phi) is 2.91. The molecule has 1 heterocycles. The zero-order chi connectivity index (χ0) is 10.1. The third kappa shape index (κ3) is 2.40. The van der Waals surface area contributed by atoms with E-state index in [1.165, 1.54) is 6.08 Å². The van der Waals surface area contributed by atoms with Crippen LogP contribution < -0.4 is 0 Å². The standard InChI is InChI=1S/C8H9ClF3N/c1-6(8(10,11)12)13-5-3-2-4-7(13)9/h2-4,6H,5H2,1H3/t6-/m1/s1. The first-order chi connectivity index (χ1) is 5.93. The van der Waals surface area contributed by atoms with Gasteiger partial charge in [-0.3, -0.25) is 0 Å². The quantitative estimate of drug-likeness (QED) is 0.603. The minimum atomic E-state index is -4.24. The summed E-state index contributed by atoms with van der Waals surface area (Å²) in [4.78, 5) is 1.10. The van der Waals surface area contributed by atoms with Gasteiger partial charge in [0.1, 0.15) is 11.2 Å². The highest BCUT2D eigenvalue weighted by Crippen LogP contribution is 2.29. The summed E-state index contributed by atoms with van der Waals surface area (Å²) in [5.74, 6) is 0. The number of alkyl halides is 3. The second-order valence-corrected chi connectivity index (χ2v) is 3.17. The van der Waals surface area contributed by atoms with Crippen LogP contribution in [0.4, 0.5) is 13.2 Å². The molecule has 5 heteroatoms. The minimum absolute atomic E-state index is 0.132. The van der Waals surface area contributed by atoms with Crippen molar-refractivity contribution in [2.75, 3.05) is 6.54 Å². The molecule has 1 aliphatic heterocycles. The summed E-state index contributed by atoms with van der Waals surface area (Å²) in [5.41, 5.74) is 0. The fourth-order valence-corrected chi connectivity index (χ4v) is 1.31. The van der Waals surface area contributed by atoms with Gasteiger partial charge < -0.3 is 4.90 Å². The maximum atomic E-state index is 12.3. The van der Waals surface area contributed by atoms with Crippen molar-refractivity contribution >= 4 is 11.6 Å². The molecule has 0 radical (unpaired) electrons. The van der Waals surface area contributed by atoms with E-state index in [-0.39, 0.29) is 11.7 Å². The molecule has 0 amide bonds. The van der Waals surface area contributed by atoms with Gasteiger partial charge in [0.15, 0.2) is 0 Å². The Morgan fingerprint density at radius 3 is 2.62 bits per heavy atom. The van der Waals surface area contributed by atoms with Gasteiger partial charge in [0.2, 0.25) is 0 Å². The number of allylic oxidation sites excluding steroid dienone is 2. The van der Waals surface area contributed by atoms with Crippen LogP contribution >= 0.6 is 11.6 Å². The number of nitrogens with zero attached hydrogens (tertiary/aromatic N) is 1. The van der Waals surface area contributed by atoms with E-state index in [9.17, 15) is 13.2 Å². The molecule has 0 saturated carbocycles. The molecule has 1 aliphatic rings. The monoisotopic (exact) mass is 211 g/mol. The number of hydrogen-bond donors (Lipinski definition) is 0. The Labute approximate surface area is 79.5 Å². The summed E-state index contributed by atoms with van der Waals surface area (Å²) in [5, 5.41) is 0.132. The van der Waals surface area contributed by atoms with Gasteiger partial charge in [-0.2, -0.15) is 13.2 Å². The first-order valence-electron chi connectivity index (χ1n) is 3.78. The van der Waals surface area contributed by atoms with Crippen LogP contribution in [0, 0.1) is 0 Å². The third-order valence-electron chi connectivity index (χ3n) is 1.89. The van der Waals surface area contributed by atoms with Gasteiger partial charge >= 0.3 is 6.18 Å². The summed E-state index contributed by atoms with van der Waals surface area (Å²) in [6.45, 7) is 1.30. The first-order valence-corrected chi connectivity index (χ1v) is 4.16. The molecule has 0 saturated heterocycles. The highest BCUT2D eigenvalue weighted by Gasteiger charge is 2.40. The molecule has 0 fully saturated rings. The molecule has 1 rings (SSSR count). The SMILES string of the molecule is C[C@@H](N1CC=CC=C1Cl)C(F)(F)F. The smallest absolute Gasteiger partial charge is 0.347 e. The Morgan fingerprint density at radius 1 is 1.54 bits per heavy atom. The molecule has 0 spiro atoms. The van der Waals surface area contributed by atoms with Gasteiger partial charge in [-0.1, -0.05) is 23.8 Å². The van der Waals surface area contributed by atoms with Gasteiger partial charge in [0.25, 0.3) is 0 Å². The van der Waals surface area contributed by atoms with E-state index in [1.54, 1.807) is 12.2 Å². The fraction of sp³-hybridized carbons (Fsp3) is 0.500. The lowest BCUT2D eigenvalue weighted by Crippen LogP contribution is -2.42. The lowest BCUT2D eigenvalue weighted by Gasteiger charge is -2.32. The molecule has 13 heavy (non-hydrogen) atoms. The Balaban J connectivity index is 2.74. The third-order valence-corrected chi connectivity index (χ3v) is 2.23. The molecule has 0 aromatic heterocycles. The van der Waals surface area contributed by atoms with Gasteiger partial charge in [0.05, 0.1) is 0 Å². The predicted molar refractivity (Wildman–Crippen MR) is 45.3 cm³/mol. The van der Waals surface area contributed by atoms with Crippen LogP contribution in [0.15, 0.2) is 23.4 Å². The van der Waals surface area contributed by atoms with Gasteiger partial charge in [0, 0.05) is 6.54 Å². The van der Waals surface area contributed by atoms with E-state index >= 15 is 0 Å². The lowest BCUT2D eigenvalue weighted by molar-refractivity contribution is -0.171. The first kappa shape index (κ1) is 10.4. The lowest BCUT2D eigenvalue weighted by atomic mass is 10.2. The Bertz CT molecular complexity index is 244. The average Bonchev–Trinajstić information content (AvgIpc) is 2.02. The van der Waals surface area contributed by atoms with Crippen LogP contribution in [-0.2, 0) is 0 Å². The van der Waals surface area contributed by atoms with Crippen molar-refractivity contribution in [1.82, 2.24) is 4.90 Å². The van der Waals surface area contributed by atoms with E-state index < -0.39 is 12.2 Å². The maximum absolute atomic E-state index is 12.3. The van der Waals surface area contributed by atoms with Gasteiger partial charge in [-0.05, 0) is 13.0 Å². The van der Waals surface area contributed by atoms with E-state index in [0.29, 0.717) is 0 Å². The molecule has 0 N–H and O–H groups in total. The molecule has 0 aromatic carbocycles. The molecule has 0 bridgehead atoms. The van der Waals surface area contributed by atoms with Crippen LogP contribution in [0.25, 0.3) is 0 Å². The van der Waals surface area contributed by atoms with E-state index in [2.05, 4.69) is 0 Å². The highest BCUT2D eigenvalue weighted by molar-refractivity contribution is 6.29. The van der Waals surface area contributed by atoms with Gasteiger partial charge in [-0.25, -0.2) is 0 Å². The van der Waals surface area contributed by atoms with Crippen LogP contribution in [-0.4, -0.2) is 23.7 Å². The van der Waals surface area contributed by atoms with Crippen molar-refractivity contribution in [3.8, 4) is 0 Å². The summed E-state index contributed by atoms with van der Waals surface area (Å²) in [6, 6.07) is -1.54. The fourth-order valence-electron chi connectivity index (χ4n) is 1.02. The second-order valence-electron chi connectivity index (χ2n) is 2.79. The topological polar surface area (TPSA) is 3.24 Å². The summed E-state index contributed by atoms with van der Waals surface area (Å²) in [6.07, 6.45) is 0.489. The number of rotatable bonds is 1. The molecule has 0 aliphatic carbocycles. The molecule has 0 aromatic rings. The Morgan fingerprint density at radius 2 is 2.15 bits per heavy atom. The number of halogens is 4. The zero-order valence-corrected chi connectivity index (χ0v) is 7.73. The summed E-state index contributed by atoms with van der Waals surface area (Å²) in [7, 11) is 0. The molecule has 1 atom stereocenters. The highest BCUT2D eigenvalue weighted by atomic mass is 35.5. The summed E-state index contributed by atoms with van der Waals surface area (Å²) >= 11 is 5.62. The van der Waals surface area contributed by atoms with Crippen molar-refractivity contribution < 1.29 is 13.2 Å². The average molecular weight is 212 g/mol.